The van der Waals surface area contributed by atoms with Gasteiger partial charge in [-0.05, 0) is 109 Å². The molecule has 1 aromatic rings. The number of imidazole rings is 1. The van der Waals surface area contributed by atoms with Gasteiger partial charge in [0.05, 0.1) is 69.6 Å². The molecular weight excluding hydrogens is 1650 g/mol. The van der Waals surface area contributed by atoms with Gasteiger partial charge in [0.1, 0.15) is 78.5 Å². The Hall–Kier alpha value is -12.6. The van der Waals surface area contributed by atoms with E-state index in [0.29, 0.717) is 19.3 Å². The van der Waals surface area contributed by atoms with Crippen LogP contribution in [0.2, 0.25) is 0 Å². The average molecular weight is 1780 g/mol. The Morgan fingerprint density at radius 1 is 0.456 bits per heavy atom. The van der Waals surface area contributed by atoms with E-state index < -0.39 is 291 Å². The number of carboxylic acids is 3. The number of nitrogens with one attached hydrogen (secondary N) is 17. The number of H-pyrrole nitrogens is 1. The molecule has 0 unspecified atom stereocenters. The highest BCUT2D eigenvalue weighted by Crippen LogP contribution is 2.19. The molecule has 1 aliphatic rings. The first kappa shape index (κ1) is 108. The normalized spacial score (nSPS) is 16.1. The second-order valence-electron chi connectivity index (χ2n) is 30.5. The molecule has 1 saturated heterocycles. The topological polar surface area (TPSA) is 811 Å². The number of hydrogen-bond acceptors (Lipinski definition) is 27. The fraction of sp³-hybridized carbons (Fsp3) is 0.667. The van der Waals surface area contributed by atoms with Gasteiger partial charge in [-0.15, -0.1) is 0 Å². The van der Waals surface area contributed by atoms with Gasteiger partial charge >= 0.3 is 17.9 Å². The van der Waals surface area contributed by atoms with E-state index in [9.17, 15) is 126 Å². The molecule has 0 spiro atoms. The number of aromatic nitrogens is 2. The monoisotopic (exact) mass is 1780 g/mol. The van der Waals surface area contributed by atoms with Gasteiger partial charge in [-0.2, -0.15) is 0 Å². The van der Waals surface area contributed by atoms with Crippen LogP contribution in [-0.4, -0.2) is 302 Å². The lowest BCUT2D eigenvalue weighted by Crippen LogP contribution is -2.61. The van der Waals surface area contributed by atoms with Gasteiger partial charge in [-0.3, -0.25) is 101 Å². The molecule has 0 aromatic carbocycles. The Balaban J connectivity index is 2.25. The molecule has 125 heavy (non-hydrogen) atoms. The van der Waals surface area contributed by atoms with Crippen molar-refractivity contribution in [2.45, 2.75) is 256 Å². The number of unbranched alkanes of at least 4 members (excludes halogenated alkanes) is 2. The number of primary amides is 2. The predicted molar refractivity (Wildman–Crippen MR) is 437 cm³/mol. The number of nitrogens with two attached hydrogens (primary N) is 5. The number of aliphatic carboxylic acids is 3. The van der Waals surface area contributed by atoms with E-state index in [2.05, 4.69) is 95.0 Å². The van der Waals surface area contributed by atoms with E-state index >= 15 is 0 Å². The molecular formula is C75H124N24O26. The van der Waals surface area contributed by atoms with Crippen LogP contribution in [-0.2, 0) is 112 Å². The summed E-state index contributed by atoms with van der Waals surface area (Å²) < 4.78 is 0. The van der Waals surface area contributed by atoms with E-state index in [1.165, 1.54) is 26.4 Å². The highest BCUT2D eigenvalue weighted by atomic mass is 16.4. The number of nitrogens with zero attached hydrogens (tertiary/aromatic N) is 2. The van der Waals surface area contributed by atoms with Crippen LogP contribution in [0.4, 0.5) is 0 Å². The Bertz CT molecular complexity index is 3930. The van der Waals surface area contributed by atoms with E-state index in [-0.39, 0.29) is 82.6 Å². The molecule has 0 bridgehead atoms. The number of carbonyl (C=O) groups excluding carboxylic acids is 19. The number of aliphatic hydroxyl groups excluding tert-OH is 1. The highest BCUT2D eigenvalue weighted by molar-refractivity contribution is 6.02. The zero-order chi connectivity index (χ0) is 94.7. The summed E-state index contributed by atoms with van der Waals surface area (Å²) in [6, 6.07) is -21.8. The van der Waals surface area contributed by atoms with Crippen LogP contribution in [0.5, 0.6) is 0 Å². The highest BCUT2D eigenvalue weighted by Gasteiger charge is 2.41. The van der Waals surface area contributed by atoms with Crippen LogP contribution in [0.3, 0.4) is 0 Å². The van der Waals surface area contributed by atoms with Gasteiger partial charge in [-0.1, -0.05) is 54.4 Å². The summed E-state index contributed by atoms with van der Waals surface area (Å²) in [5.41, 5.74) is 27.9. The molecule has 0 saturated carbocycles. The average Bonchev–Trinajstić information content (AvgIpc) is 1.74. The third kappa shape index (κ3) is 39.6. The van der Waals surface area contributed by atoms with Crippen LogP contribution < -0.4 is 114 Å². The van der Waals surface area contributed by atoms with E-state index in [1.54, 1.807) is 34.6 Å². The van der Waals surface area contributed by atoms with Crippen molar-refractivity contribution in [3.8, 4) is 0 Å². The predicted octanol–water partition coefficient (Wildman–Crippen LogP) is -10.8. The van der Waals surface area contributed by atoms with Crippen LogP contribution in [0, 0.1) is 17.8 Å². The molecule has 1 fully saturated rings. The Morgan fingerprint density at radius 2 is 0.872 bits per heavy atom. The van der Waals surface area contributed by atoms with Crippen molar-refractivity contribution in [3.05, 3.63) is 18.2 Å². The summed E-state index contributed by atoms with van der Waals surface area (Å²) in [6.07, 6.45) is -1.55. The molecule has 2 heterocycles. The molecule has 19 amide bonds. The van der Waals surface area contributed by atoms with E-state index in [4.69, 9.17) is 28.7 Å². The molecule has 0 radical (unpaired) electrons. The van der Waals surface area contributed by atoms with E-state index in [0.717, 1.165) is 18.7 Å². The van der Waals surface area contributed by atoms with Gasteiger partial charge in [0.25, 0.3) is 0 Å². The van der Waals surface area contributed by atoms with Crippen molar-refractivity contribution in [1.82, 2.24) is 99.9 Å². The maximum Gasteiger partial charge on any atom is 0.326 e. The summed E-state index contributed by atoms with van der Waals surface area (Å²) in [5.74, 6) is -25.7. The number of hydrogen-bond donors (Lipinski definition) is 26. The number of rotatable bonds is 59. The molecule has 700 valence electrons. The second kappa shape index (κ2) is 55.5. The Labute approximate surface area is 719 Å². The third-order valence-electron chi connectivity index (χ3n) is 19.9. The molecule has 2 rings (SSSR count). The second-order valence-corrected chi connectivity index (χ2v) is 30.5. The SMILES string of the molecule is CC[C@H](C)[C@H](NC(=O)CNC(=O)[C@H](CCC(N)=O)NC(=O)[C@@H]1CCCN1C(=O)CNC(=O)[C@H](CC(=O)O)NC(=O)[C@@H](NC(=O)[C@H](Cc1c[nH]cn1)NC(=O)[C@H](C)NC(=O)[C@H](CC(=O)O)NC(=O)CNC(=O)[C@H](CCCCN)NC(=O)[C@@H](NC(=O)[C@H](C)NC(=O)[C@H](CCCCN)NC(=O)CNC(=O)[C@H](CC(N)=O)NC(=O)[C@@H](N)C(C)C)[C@@H](C)O)[C@@H](C)CC)C(=O)O. The molecule has 1 aliphatic heterocycles. The van der Waals surface area contributed by atoms with Crippen LogP contribution in [0.25, 0.3) is 0 Å². The summed E-state index contributed by atoms with van der Waals surface area (Å²) in [6.45, 7) is 9.92. The first-order valence-electron chi connectivity index (χ1n) is 40.8. The number of likely N-dealkylation sites (tertiary alicyclic amines) is 1. The lowest BCUT2D eigenvalue weighted by Gasteiger charge is -2.29. The van der Waals surface area contributed by atoms with Gasteiger partial charge < -0.3 is 144 Å². The largest absolute Gasteiger partial charge is 0.481 e. The summed E-state index contributed by atoms with van der Waals surface area (Å²) in [4.78, 5) is 298. The number of aromatic amines is 1. The van der Waals surface area contributed by atoms with Crippen LogP contribution >= 0.6 is 0 Å². The fourth-order valence-electron chi connectivity index (χ4n) is 12.1. The van der Waals surface area contributed by atoms with Gasteiger partial charge in [0.2, 0.25) is 112 Å². The Morgan fingerprint density at radius 3 is 1.34 bits per heavy atom. The third-order valence-corrected chi connectivity index (χ3v) is 19.9. The van der Waals surface area contributed by atoms with Crippen LogP contribution in [0.1, 0.15) is 164 Å². The van der Waals surface area contributed by atoms with Crippen molar-refractivity contribution in [1.29, 1.82) is 0 Å². The quantitative estimate of drug-likeness (QED) is 0.0269. The summed E-state index contributed by atoms with van der Waals surface area (Å²) in [5, 5.41) is 77.2. The number of carbonyl (C=O) groups is 22. The summed E-state index contributed by atoms with van der Waals surface area (Å²) in [7, 11) is 0. The van der Waals surface area contributed by atoms with Crippen molar-refractivity contribution < 1.29 is 126 Å². The number of amides is 19. The van der Waals surface area contributed by atoms with Gasteiger partial charge in [0, 0.05) is 25.6 Å². The minimum Gasteiger partial charge on any atom is -0.481 e. The zero-order valence-electron chi connectivity index (χ0n) is 71.4. The molecule has 0 aliphatic carbocycles. The van der Waals surface area contributed by atoms with Crippen molar-refractivity contribution in [2.75, 3.05) is 45.8 Å². The number of aliphatic hydroxyl groups is 1. The first-order valence-corrected chi connectivity index (χ1v) is 40.8. The van der Waals surface area contributed by atoms with E-state index in [1.807, 2.05) is 0 Å². The molecule has 50 heteroatoms. The smallest absolute Gasteiger partial charge is 0.326 e. The molecule has 50 nitrogen and oxygen atoms in total. The lowest BCUT2D eigenvalue weighted by molar-refractivity contribution is -0.143. The maximum atomic E-state index is 14.4. The molecule has 1 aromatic heterocycles. The minimum atomic E-state index is -1.98. The minimum absolute atomic E-state index is 0.0285. The first-order chi connectivity index (χ1) is 58.7. The van der Waals surface area contributed by atoms with Gasteiger partial charge in [0.15, 0.2) is 0 Å². The maximum absolute atomic E-state index is 14.4. The summed E-state index contributed by atoms with van der Waals surface area (Å²) >= 11 is 0. The Kier molecular flexibility index (Phi) is 48.2. The van der Waals surface area contributed by atoms with Crippen molar-refractivity contribution in [2.24, 2.45) is 46.4 Å². The molecule has 17 atom stereocenters. The van der Waals surface area contributed by atoms with Crippen LogP contribution in [0.15, 0.2) is 12.5 Å². The van der Waals surface area contributed by atoms with Gasteiger partial charge in [-0.25, -0.2) is 9.78 Å². The fourth-order valence-corrected chi connectivity index (χ4v) is 12.1. The molecule has 31 N–H and O–H groups in total. The lowest BCUT2D eigenvalue weighted by atomic mass is 9.97. The van der Waals surface area contributed by atoms with Crippen molar-refractivity contribution >= 4 is 130 Å². The van der Waals surface area contributed by atoms with Crippen molar-refractivity contribution in [3.63, 3.8) is 0 Å². The standard InChI is InChI=1S/C75H124N24O26/c1-10-36(5)59(73(122)95-47(27-56(107)108)67(116)85-33-55(106)99-24-16-19-49(99)71(120)91-44(20-21-50(78)101)65(114)83-32-54(105)96-60(75(124)125)37(6)11-2)97-70(119)45(25-41-29-81-34-86-41)93-62(111)38(7)88-69(118)48(28-57(109)110)90-53(104)31-82-64(113)42(17-12-14-22-76)92-74(123)61(40(9)100)98-63(112)39(8)87-68(117)43(18-13-15-23-77)89-52(103)30-84-66(115)46(26-51(79)102)94-72(121)58(80)35(3)4/h29,34-40,42-49,58-61,100H,10-28,30-33,76-77,80H2,1-9H3,(H2,78,101)(H2,79,102)(H,81,86)(H,82,113)(H,83,114)(H,84,115)(H,85,116)(H,87,117)(H,88,118)(H,89,103)(H,90,104)(H,91,120)(H,92,123)(H,93,111)(H,94,121)(H,95,122)(H,96,105)(H,97,119)(H,98,112)(H,107,108)(H,109,110)(H,124,125)/t36-,37-,38-,39-,40+,42-,43-,44-,45-,46-,47-,48-,49-,58-,59-,60-,61-/m0/s1. The zero-order valence-corrected chi connectivity index (χ0v) is 71.4. The number of carboxylic acid groups (broad SMARTS) is 3.